The molecule has 0 bridgehead atoms. The van der Waals surface area contributed by atoms with E-state index in [2.05, 4.69) is 17.1 Å². The predicted octanol–water partition coefficient (Wildman–Crippen LogP) is 3.55. The molecule has 0 fully saturated rings. The van der Waals surface area contributed by atoms with E-state index in [1.54, 1.807) is 6.92 Å². The lowest BCUT2D eigenvalue weighted by Gasteiger charge is -2.00. The van der Waals surface area contributed by atoms with Crippen LogP contribution in [0.1, 0.15) is 18.7 Å². The smallest absolute Gasteiger partial charge is 0.226 e. The lowest BCUT2D eigenvalue weighted by molar-refractivity contribution is 0.194. The molecule has 1 N–H and O–H groups in total. The highest BCUT2D eigenvalue weighted by Crippen LogP contribution is 2.25. The van der Waals surface area contributed by atoms with Gasteiger partial charge in [-0.15, -0.1) is 0 Å². The van der Waals surface area contributed by atoms with E-state index in [0.717, 1.165) is 10.9 Å². The van der Waals surface area contributed by atoms with Gasteiger partial charge in [-0.3, -0.25) is 0 Å². The molecule has 3 aromatic rings. The number of aliphatic hydroxyl groups excluding tert-OH is 1. The van der Waals surface area contributed by atoms with Crippen LogP contribution in [0.25, 0.3) is 22.2 Å². The first-order chi connectivity index (χ1) is 8.74. The van der Waals surface area contributed by atoms with Gasteiger partial charge in [0.1, 0.15) is 12.0 Å². The molecule has 0 aliphatic heterocycles. The number of benzene rings is 2. The first-order valence-corrected chi connectivity index (χ1v) is 5.87. The molecule has 1 atom stereocenters. The largest absolute Gasteiger partial charge is 0.444 e. The number of oxazole rings is 1. The third-order valence-electron chi connectivity index (χ3n) is 2.95. The van der Waals surface area contributed by atoms with E-state index in [1.165, 1.54) is 11.6 Å². The fourth-order valence-corrected chi connectivity index (χ4v) is 1.93. The summed E-state index contributed by atoms with van der Waals surface area (Å²) in [5, 5.41) is 11.8. The summed E-state index contributed by atoms with van der Waals surface area (Å²) in [5.41, 5.74) is 1.47. The number of aliphatic hydroxyl groups is 1. The van der Waals surface area contributed by atoms with E-state index in [9.17, 15) is 5.11 Å². The Hall–Kier alpha value is -2.13. The number of rotatable bonds is 2. The average Bonchev–Trinajstić information content (AvgIpc) is 2.88. The molecular weight excluding hydrogens is 226 g/mol. The lowest BCUT2D eigenvalue weighted by Crippen LogP contribution is -1.90. The summed E-state index contributed by atoms with van der Waals surface area (Å²) >= 11 is 0. The maximum absolute atomic E-state index is 9.43. The fraction of sp³-hybridized carbons (Fsp3) is 0.133. The normalized spacial score (nSPS) is 12.8. The van der Waals surface area contributed by atoms with Crippen molar-refractivity contribution >= 4 is 10.8 Å². The molecule has 1 unspecified atom stereocenters. The van der Waals surface area contributed by atoms with E-state index in [-0.39, 0.29) is 0 Å². The molecule has 3 nitrogen and oxygen atoms in total. The second kappa shape index (κ2) is 4.27. The Kier molecular flexibility index (Phi) is 2.61. The standard InChI is InChI=1S/C15H13NO2/c1-10(17)14-9-18-15(16-14)13-7-6-11-4-2-3-5-12(11)8-13/h2-10,17H,1H3. The summed E-state index contributed by atoms with van der Waals surface area (Å²) in [6, 6.07) is 14.2. The van der Waals surface area contributed by atoms with E-state index in [1.807, 2.05) is 30.3 Å². The summed E-state index contributed by atoms with van der Waals surface area (Å²) in [7, 11) is 0. The van der Waals surface area contributed by atoms with Gasteiger partial charge >= 0.3 is 0 Å². The highest BCUT2D eigenvalue weighted by Gasteiger charge is 2.10. The summed E-state index contributed by atoms with van der Waals surface area (Å²) in [6.45, 7) is 1.67. The van der Waals surface area contributed by atoms with Gasteiger partial charge in [0.15, 0.2) is 0 Å². The molecule has 0 saturated carbocycles. The zero-order chi connectivity index (χ0) is 12.5. The predicted molar refractivity (Wildman–Crippen MR) is 70.1 cm³/mol. The Balaban J connectivity index is 2.07. The minimum atomic E-state index is -0.608. The molecule has 0 amide bonds. The molecule has 2 aromatic carbocycles. The average molecular weight is 239 g/mol. The summed E-state index contributed by atoms with van der Waals surface area (Å²) in [4.78, 5) is 4.27. The molecule has 1 heterocycles. The van der Waals surface area contributed by atoms with Crippen molar-refractivity contribution in [3.8, 4) is 11.5 Å². The van der Waals surface area contributed by atoms with Crippen molar-refractivity contribution in [1.82, 2.24) is 4.98 Å². The van der Waals surface area contributed by atoms with Crippen LogP contribution in [0, 0.1) is 0 Å². The summed E-state index contributed by atoms with van der Waals surface area (Å²) in [6.07, 6.45) is 0.887. The van der Waals surface area contributed by atoms with Gasteiger partial charge in [-0.2, -0.15) is 0 Å². The SMILES string of the molecule is CC(O)c1coc(-c2ccc3ccccc3c2)n1. The van der Waals surface area contributed by atoms with Crippen LogP contribution in [0.3, 0.4) is 0 Å². The van der Waals surface area contributed by atoms with Crippen LogP contribution in [0.5, 0.6) is 0 Å². The van der Waals surface area contributed by atoms with E-state index < -0.39 is 6.10 Å². The van der Waals surface area contributed by atoms with Crippen LogP contribution in [0.15, 0.2) is 53.1 Å². The maximum atomic E-state index is 9.43. The van der Waals surface area contributed by atoms with Crippen LogP contribution < -0.4 is 0 Å². The van der Waals surface area contributed by atoms with Gasteiger partial charge in [0.05, 0.1) is 6.10 Å². The first-order valence-electron chi connectivity index (χ1n) is 5.87. The molecule has 0 saturated heterocycles. The Morgan fingerprint density at radius 1 is 1.11 bits per heavy atom. The van der Waals surface area contributed by atoms with Gasteiger partial charge < -0.3 is 9.52 Å². The van der Waals surface area contributed by atoms with Crippen molar-refractivity contribution in [1.29, 1.82) is 0 Å². The third kappa shape index (κ3) is 1.89. The van der Waals surface area contributed by atoms with Gasteiger partial charge in [0, 0.05) is 5.56 Å². The molecule has 0 aliphatic rings. The van der Waals surface area contributed by atoms with Crippen molar-refractivity contribution in [3.63, 3.8) is 0 Å². The van der Waals surface area contributed by atoms with Gasteiger partial charge in [-0.05, 0) is 29.8 Å². The summed E-state index contributed by atoms with van der Waals surface area (Å²) < 4.78 is 5.39. The highest BCUT2D eigenvalue weighted by molar-refractivity contribution is 5.86. The molecule has 1 aromatic heterocycles. The lowest BCUT2D eigenvalue weighted by atomic mass is 10.1. The highest BCUT2D eigenvalue weighted by atomic mass is 16.3. The molecule has 0 aliphatic carbocycles. The van der Waals surface area contributed by atoms with Crippen LogP contribution >= 0.6 is 0 Å². The zero-order valence-electron chi connectivity index (χ0n) is 10.00. The number of fused-ring (bicyclic) bond motifs is 1. The first kappa shape index (κ1) is 11.0. The van der Waals surface area contributed by atoms with Gasteiger partial charge in [0.25, 0.3) is 0 Å². The molecule has 3 rings (SSSR count). The minimum absolute atomic E-state index is 0.539. The van der Waals surface area contributed by atoms with Crippen LogP contribution in [-0.2, 0) is 0 Å². The maximum Gasteiger partial charge on any atom is 0.226 e. The molecule has 0 spiro atoms. The van der Waals surface area contributed by atoms with Crippen molar-refractivity contribution in [2.75, 3.05) is 0 Å². The van der Waals surface area contributed by atoms with Gasteiger partial charge in [-0.1, -0.05) is 30.3 Å². The number of aromatic nitrogens is 1. The topological polar surface area (TPSA) is 46.3 Å². The van der Waals surface area contributed by atoms with Crippen LogP contribution in [0.2, 0.25) is 0 Å². The molecule has 18 heavy (non-hydrogen) atoms. The van der Waals surface area contributed by atoms with Gasteiger partial charge in [0.2, 0.25) is 5.89 Å². The second-order valence-electron chi connectivity index (χ2n) is 4.32. The van der Waals surface area contributed by atoms with Crippen molar-refractivity contribution in [3.05, 3.63) is 54.4 Å². The van der Waals surface area contributed by atoms with Crippen LogP contribution in [0.4, 0.5) is 0 Å². The minimum Gasteiger partial charge on any atom is -0.444 e. The number of hydrogen-bond acceptors (Lipinski definition) is 3. The summed E-state index contributed by atoms with van der Waals surface area (Å²) in [5.74, 6) is 0.539. The molecule has 3 heteroatoms. The Labute approximate surface area is 105 Å². The quantitative estimate of drug-likeness (QED) is 0.743. The third-order valence-corrected chi connectivity index (χ3v) is 2.95. The van der Waals surface area contributed by atoms with E-state index >= 15 is 0 Å². The Bertz CT molecular complexity index is 686. The molecule has 90 valence electrons. The fourth-order valence-electron chi connectivity index (χ4n) is 1.93. The van der Waals surface area contributed by atoms with E-state index in [4.69, 9.17) is 4.42 Å². The monoisotopic (exact) mass is 239 g/mol. The van der Waals surface area contributed by atoms with Crippen molar-refractivity contribution in [2.45, 2.75) is 13.0 Å². The Morgan fingerprint density at radius 2 is 1.89 bits per heavy atom. The zero-order valence-corrected chi connectivity index (χ0v) is 10.00. The number of nitrogens with zero attached hydrogens (tertiary/aromatic N) is 1. The van der Waals surface area contributed by atoms with E-state index in [0.29, 0.717) is 11.6 Å². The Morgan fingerprint density at radius 3 is 2.61 bits per heavy atom. The van der Waals surface area contributed by atoms with Crippen LogP contribution in [-0.4, -0.2) is 10.1 Å². The molecular formula is C15H13NO2. The number of hydrogen-bond donors (Lipinski definition) is 1. The second-order valence-corrected chi connectivity index (χ2v) is 4.32. The van der Waals surface area contributed by atoms with Crippen molar-refractivity contribution in [2.24, 2.45) is 0 Å². The van der Waals surface area contributed by atoms with Crippen molar-refractivity contribution < 1.29 is 9.52 Å². The molecule has 0 radical (unpaired) electrons. The van der Waals surface area contributed by atoms with Gasteiger partial charge in [-0.25, -0.2) is 4.98 Å².